The summed E-state index contributed by atoms with van der Waals surface area (Å²) in [5, 5.41) is 2.79. The van der Waals surface area contributed by atoms with Crippen molar-refractivity contribution in [3.63, 3.8) is 0 Å². The standard InChI is InChI=1S/C23H21FN2O4/c1-29-14-22(27)26-11-10-20-17(13-26)12-21(30-20)15-4-8-19(9-5-15)25-23(28)16-2-6-18(24)7-3-16/h2-9,12H,10-11,13-14H2,1H3,(H,25,28). The van der Waals surface area contributed by atoms with Gasteiger partial charge in [-0.15, -0.1) is 0 Å². The van der Waals surface area contributed by atoms with Crippen LogP contribution in [0.3, 0.4) is 0 Å². The second-order valence-electron chi connectivity index (χ2n) is 7.10. The van der Waals surface area contributed by atoms with Crippen LogP contribution in [0.5, 0.6) is 0 Å². The Balaban J connectivity index is 1.44. The second-order valence-corrected chi connectivity index (χ2v) is 7.10. The number of halogens is 1. The van der Waals surface area contributed by atoms with Gasteiger partial charge in [0, 0.05) is 49.0 Å². The fourth-order valence-corrected chi connectivity index (χ4v) is 3.43. The van der Waals surface area contributed by atoms with Crippen LogP contribution in [0.25, 0.3) is 11.3 Å². The van der Waals surface area contributed by atoms with E-state index in [9.17, 15) is 14.0 Å². The summed E-state index contributed by atoms with van der Waals surface area (Å²) in [6.07, 6.45) is 0.663. The molecule has 154 valence electrons. The van der Waals surface area contributed by atoms with Gasteiger partial charge < -0.3 is 19.4 Å². The number of carbonyl (C=O) groups is 2. The van der Waals surface area contributed by atoms with E-state index < -0.39 is 0 Å². The topological polar surface area (TPSA) is 71.8 Å². The first-order valence-corrected chi connectivity index (χ1v) is 9.59. The molecular formula is C23H21FN2O4. The first kappa shape index (κ1) is 19.8. The number of benzene rings is 2. The third-order valence-electron chi connectivity index (χ3n) is 5.02. The molecule has 0 aliphatic carbocycles. The van der Waals surface area contributed by atoms with E-state index in [0.717, 1.165) is 22.6 Å². The first-order valence-electron chi connectivity index (χ1n) is 9.59. The molecule has 1 N–H and O–H groups in total. The zero-order valence-corrected chi connectivity index (χ0v) is 16.5. The summed E-state index contributed by atoms with van der Waals surface area (Å²) in [4.78, 5) is 26.1. The van der Waals surface area contributed by atoms with Gasteiger partial charge in [-0.1, -0.05) is 0 Å². The smallest absolute Gasteiger partial charge is 0.255 e. The lowest BCUT2D eigenvalue weighted by Crippen LogP contribution is -2.37. The van der Waals surface area contributed by atoms with Gasteiger partial charge in [0.2, 0.25) is 5.91 Å². The lowest BCUT2D eigenvalue weighted by atomic mass is 10.1. The van der Waals surface area contributed by atoms with Gasteiger partial charge in [-0.2, -0.15) is 0 Å². The predicted molar refractivity (Wildman–Crippen MR) is 109 cm³/mol. The highest BCUT2D eigenvalue weighted by Crippen LogP contribution is 2.30. The van der Waals surface area contributed by atoms with Crippen LogP contribution in [-0.2, 0) is 22.5 Å². The molecule has 0 saturated heterocycles. The van der Waals surface area contributed by atoms with Gasteiger partial charge in [0.1, 0.15) is 23.9 Å². The van der Waals surface area contributed by atoms with Crippen LogP contribution < -0.4 is 5.32 Å². The SMILES string of the molecule is COCC(=O)N1CCc2oc(-c3ccc(NC(=O)c4ccc(F)cc4)cc3)cc2C1. The van der Waals surface area contributed by atoms with Gasteiger partial charge in [0.15, 0.2) is 0 Å². The highest BCUT2D eigenvalue weighted by molar-refractivity contribution is 6.04. The molecule has 0 spiro atoms. The maximum Gasteiger partial charge on any atom is 0.255 e. The van der Waals surface area contributed by atoms with Crippen LogP contribution in [-0.4, -0.2) is 37.0 Å². The Morgan fingerprint density at radius 1 is 1.13 bits per heavy atom. The third kappa shape index (κ3) is 4.26. The highest BCUT2D eigenvalue weighted by Gasteiger charge is 2.24. The van der Waals surface area contributed by atoms with Crippen molar-refractivity contribution in [1.82, 2.24) is 4.90 Å². The molecule has 4 rings (SSSR count). The zero-order chi connectivity index (χ0) is 21.1. The molecule has 1 aliphatic heterocycles. The number of nitrogens with one attached hydrogen (secondary N) is 1. The molecule has 0 atom stereocenters. The van der Waals surface area contributed by atoms with E-state index in [0.29, 0.717) is 30.8 Å². The molecule has 6 nitrogen and oxygen atoms in total. The van der Waals surface area contributed by atoms with Gasteiger partial charge in [-0.25, -0.2) is 4.39 Å². The summed E-state index contributed by atoms with van der Waals surface area (Å²) in [6.45, 7) is 1.19. The number of hydrogen-bond acceptors (Lipinski definition) is 4. The van der Waals surface area contributed by atoms with E-state index in [1.165, 1.54) is 31.4 Å². The number of rotatable bonds is 5. The van der Waals surface area contributed by atoms with E-state index >= 15 is 0 Å². The van der Waals surface area contributed by atoms with E-state index in [2.05, 4.69) is 5.32 Å². The van der Waals surface area contributed by atoms with Gasteiger partial charge in [0.05, 0.1) is 0 Å². The Labute approximate surface area is 173 Å². The Hall–Kier alpha value is -3.45. The van der Waals surface area contributed by atoms with Crippen molar-refractivity contribution in [2.45, 2.75) is 13.0 Å². The number of fused-ring (bicyclic) bond motifs is 1. The fourth-order valence-electron chi connectivity index (χ4n) is 3.43. The monoisotopic (exact) mass is 408 g/mol. The minimum absolute atomic E-state index is 0.0350. The maximum atomic E-state index is 13.0. The van der Waals surface area contributed by atoms with Crippen molar-refractivity contribution < 1.29 is 23.1 Å². The van der Waals surface area contributed by atoms with Crippen LogP contribution >= 0.6 is 0 Å². The highest BCUT2D eigenvalue weighted by atomic mass is 19.1. The average molecular weight is 408 g/mol. The largest absolute Gasteiger partial charge is 0.461 e. The van der Waals surface area contributed by atoms with Gasteiger partial charge >= 0.3 is 0 Å². The summed E-state index contributed by atoms with van der Waals surface area (Å²) in [6, 6.07) is 14.6. The van der Waals surface area contributed by atoms with Gasteiger partial charge in [0.25, 0.3) is 5.91 Å². The molecule has 2 amide bonds. The Kier molecular flexibility index (Phi) is 5.63. The number of amides is 2. The third-order valence-corrected chi connectivity index (χ3v) is 5.02. The van der Waals surface area contributed by atoms with Crippen LogP contribution in [0.15, 0.2) is 59.0 Å². The summed E-state index contributed by atoms with van der Waals surface area (Å²) in [5.41, 5.74) is 2.88. The number of ether oxygens (including phenoxy) is 1. The molecule has 2 heterocycles. The Morgan fingerprint density at radius 2 is 1.87 bits per heavy atom. The predicted octanol–water partition coefficient (Wildman–Crippen LogP) is 3.87. The van der Waals surface area contributed by atoms with E-state index in [-0.39, 0.29) is 24.2 Å². The lowest BCUT2D eigenvalue weighted by molar-refractivity contribution is -0.136. The van der Waals surface area contributed by atoms with Crippen LogP contribution in [0.4, 0.5) is 10.1 Å². The molecule has 1 aromatic heterocycles. The van der Waals surface area contributed by atoms with E-state index in [4.69, 9.17) is 9.15 Å². The number of methoxy groups -OCH3 is 1. The average Bonchev–Trinajstić information content (AvgIpc) is 3.18. The summed E-state index contributed by atoms with van der Waals surface area (Å²) < 4.78 is 23.9. The van der Waals surface area contributed by atoms with Gasteiger partial charge in [-0.3, -0.25) is 9.59 Å². The minimum atomic E-state index is -0.386. The maximum absolute atomic E-state index is 13.0. The molecule has 3 aromatic rings. The molecule has 30 heavy (non-hydrogen) atoms. The molecule has 0 bridgehead atoms. The number of nitrogens with zero attached hydrogens (tertiary/aromatic N) is 1. The molecule has 1 aliphatic rings. The van der Waals surface area contributed by atoms with Crippen LogP contribution in [0.1, 0.15) is 21.7 Å². The Morgan fingerprint density at radius 3 is 2.57 bits per heavy atom. The molecule has 2 aromatic carbocycles. The van der Waals surface area contributed by atoms with E-state index in [1.54, 1.807) is 17.0 Å². The zero-order valence-electron chi connectivity index (χ0n) is 16.5. The number of anilines is 1. The summed E-state index contributed by atoms with van der Waals surface area (Å²) in [5.74, 6) is 0.880. The molecule has 7 heteroatoms. The van der Waals surface area contributed by atoms with Crippen molar-refractivity contribution in [3.05, 3.63) is 77.3 Å². The minimum Gasteiger partial charge on any atom is -0.461 e. The number of carbonyl (C=O) groups excluding carboxylic acids is 2. The van der Waals surface area contributed by atoms with Crippen molar-refractivity contribution in [1.29, 1.82) is 0 Å². The first-order chi connectivity index (χ1) is 14.5. The van der Waals surface area contributed by atoms with Crippen LogP contribution in [0, 0.1) is 5.82 Å². The molecule has 0 unspecified atom stereocenters. The van der Waals surface area contributed by atoms with E-state index in [1.807, 2.05) is 18.2 Å². The molecule has 0 saturated carbocycles. The summed E-state index contributed by atoms with van der Waals surface area (Å²) >= 11 is 0. The van der Waals surface area contributed by atoms with Crippen molar-refractivity contribution >= 4 is 17.5 Å². The van der Waals surface area contributed by atoms with Crippen LogP contribution in [0.2, 0.25) is 0 Å². The quantitative estimate of drug-likeness (QED) is 0.696. The molecule has 0 radical (unpaired) electrons. The lowest BCUT2D eigenvalue weighted by Gasteiger charge is -2.25. The second kappa shape index (κ2) is 8.51. The van der Waals surface area contributed by atoms with Gasteiger partial charge in [-0.05, 0) is 54.6 Å². The Bertz CT molecular complexity index is 1060. The van der Waals surface area contributed by atoms with Crippen molar-refractivity contribution in [2.75, 3.05) is 25.6 Å². The summed E-state index contributed by atoms with van der Waals surface area (Å²) in [7, 11) is 1.51. The molecular weight excluding hydrogens is 387 g/mol. The molecule has 0 fully saturated rings. The van der Waals surface area contributed by atoms with Crippen molar-refractivity contribution in [2.24, 2.45) is 0 Å². The number of hydrogen-bond donors (Lipinski definition) is 1. The fraction of sp³-hybridized carbons (Fsp3) is 0.217. The van der Waals surface area contributed by atoms with Crippen molar-refractivity contribution in [3.8, 4) is 11.3 Å². The number of furan rings is 1. The normalized spacial score (nSPS) is 13.1.